The summed E-state index contributed by atoms with van der Waals surface area (Å²) in [6.07, 6.45) is 1.18. The molecule has 0 heterocycles. The van der Waals surface area contributed by atoms with E-state index in [2.05, 4.69) is 5.32 Å². The number of hydrogen-bond donors (Lipinski definition) is 1. The summed E-state index contributed by atoms with van der Waals surface area (Å²) in [7, 11) is 0.00198. The summed E-state index contributed by atoms with van der Waals surface area (Å²) in [4.78, 5) is 12.3. The highest BCUT2D eigenvalue weighted by Crippen LogP contribution is 2.30. The molecule has 0 unspecified atom stereocenters. The average molecular weight is 363 g/mol. The quantitative estimate of drug-likeness (QED) is 0.815. The van der Waals surface area contributed by atoms with E-state index in [-0.39, 0.29) is 18.2 Å². The van der Waals surface area contributed by atoms with Crippen molar-refractivity contribution in [3.05, 3.63) is 59.2 Å². The summed E-state index contributed by atoms with van der Waals surface area (Å²) in [5, 5.41) is 2.82. The van der Waals surface area contributed by atoms with Gasteiger partial charge >= 0.3 is 0 Å². The second-order valence-corrected chi connectivity index (χ2v) is 7.74. The Bertz CT molecular complexity index is 844. The fraction of sp³-hybridized carbons (Fsp3) is 0.278. The fourth-order valence-electron chi connectivity index (χ4n) is 2.43. The Balaban J connectivity index is 2.06. The van der Waals surface area contributed by atoms with Crippen molar-refractivity contribution in [1.82, 2.24) is 5.32 Å². The van der Waals surface area contributed by atoms with Gasteiger partial charge in [0.05, 0.1) is 20.0 Å². The van der Waals surface area contributed by atoms with E-state index in [9.17, 15) is 13.2 Å². The second kappa shape index (κ2) is 8.02. The number of hydrogen-bond acceptors (Lipinski definition) is 5. The van der Waals surface area contributed by atoms with E-state index < -0.39 is 9.84 Å². The predicted octanol–water partition coefficient (Wildman–Crippen LogP) is 2.18. The monoisotopic (exact) mass is 363 g/mol. The molecule has 0 saturated carbocycles. The van der Waals surface area contributed by atoms with Gasteiger partial charge in [0.15, 0.2) is 21.3 Å². The molecular formula is C18H21NO5S. The van der Waals surface area contributed by atoms with Crippen molar-refractivity contribution < 1.29 is 22.7 Å². The Morgan fingerprint density at radius 3 is 2.28 bits per heavy atom. The molecule has 0 saturated heterocycles. The molecule has 134 valence electrons. The number of amides is 1. The molecular weight excluding hydrogens is 342 g/mol. The summed E-state index contributed by atoms with van der Waals surface area (Å²) in [5.41, 5.74) is 1.90. The van der Waals surface area contributed by atoms with Crippen LogP contribution in [0.2, 0.25) is 0 Å². The van der Waals surface area contributed by atoms with Crippen molar-refractivity contribution in [3.63, 3.8) is 0 Å². The highest BCUT2D eigenvalue weighted by atomic mass is 32.2. The third kappa shape index (κ3) is 5.22. The summed E-state index contributed by atoms with van der Waals surface area (Å²) in [6, 6.07) is 12.0. The summed E-state index contributed by atoms with van der Waals surface area (Å²) in [5.74, 6) is 0.875. The zero-order valence-electron chi connectivity index (χ0n) is 14.4. The number of carbonyl (C=O) groups excluding carboxylic acids is 1. The SMILES string of the molecule is COc1cccc(CNC(=O)c2ccc(CS(C)(=O)=O)cc2)c1OC. The average Bonchev–Trinajstić information content (AvgIpc) is 2.58. The fourth-order valence-corrected chi connectivity index (χ4v) is 3.22. The number of benzene rings is 2. The van der Waals surface area contributed by atoms with E-state index in [0.717, 1.165) is 5.56 Å². The summed E-state index contributed by atoms with van der Waals surface area (Å²) in [6.45, 7) is 0.282. The lowest BCUT2D eigenvalue weighted by atomic mass is 10.1. The van der Waals surface area contributed by atoms with Crippen LogP contribution in [0.15, 0.2) is 42.5 Å². The van der Waals surface area contributed by atoms with Gasteiger partial charge in [0.2, 0.25) is 0 Å². The topological polar surface area (TPSA) is 81.7 Å². The van der Waals surface area contributed by atoms with Crippen molar-refractivity contribution in [2.75, 3.05) is 20.5 Å². The van der Waals surface area contributed by atoms with Crippen LogP contribution in [-0.2, 0) is 22.1 Å². The maximum Gasteiger partial charge on any atom is 0.251 e. The van der Waals surface area contributed by atoms with E-state index >= 15 is 0 Å². The van der Waals surface area contributed by atoms with Crippen molar-refractivity contribution in [1.29, 1.82) is 0 Å². The molecule has 0 aliphatic rings. The Hall–Kier alpha value is -2.54. The van der Waals surface area contributed by atoms with Gasteiger partial charge in [-0.2, -0.15) is 0 Å². The van der Waals surface area contributed by atoms with Crippen LogP contribution in [0, 0.1) is 0 Å². The van der Waals surface area contributed by atoms with Crippen LogP contribution >= 0.6 is 0 Å². The van der Waals surface area contributed by atoms with Gasteiger partial charge in [-0.15, -0.1) is 0 Å². The van der Waals surface area contributed by atoms with Crippen LogP contribution in [-0.4, -0.2) is 34.8 Å². The van der Waals surface area contributed by atoms with Crippen molar-refractivity contribution >= 4 is 15.7 Å². The number of sulfone groups is 1. The van der Waals surface area contributed by atoms with Gasteiger partial charge in [-0.3, -0.25) is 4.79 Å². The Labute approximate surface area is 147 Å². The summed E-state index contributed by atoms with van der Waals surface area (Å²) < 4.78 is 33.1. The zero-order chi connectivity index (χ0) is 18.4. The summed E-state index contributed by atoms with van der Waals surface area (Å²) >= 11 is 0. The lowest BCUT2D eigenvalue weighted by Gasteiger charge is -2.13. The molecule has 7 heteroatoms. The van der Waals surface area contributed by atoms with Crippen LogP contribution in [0.3, 0.4) is 0 Å². The molecule has 0 aliphatic carbocycles. The Kier molecular flexibility index (Phi) is 6.03. The van der Waals surface area contributed by atoms with E-state index in [1.165, 1.54) is 6.26 Å². The van der Waals surface area contributed by atoms with Crippen molar-refractivity contribution in [2.24, 2.45) is 0 Å². The van der Waals surface area contributed by atoms with Crippen LogP contribution < -0.4 is 14.8 Å². The third-order valence-electron chi connectivity index (χ3n) is 3.57. The van der Waals surface area contributed by atoms with E-state index in [4.69, 9.17) is 9.47 Å². The molecule has 0 aromatic heterocycles. The molecule has 2 aromatic carbocycles. The second-order valence-electron chi connectivity index (χ2n) is 5.60. The van der Waals surface area contributed by atoms with E-state index in [1.54, 1.807) is 44.6 Å². The smallest absolute Gasteiger partial charge is 0.251 e. The maximum absolute atomic E-state index is 12.3. The van der Waals surface area contributed by atoms with Gasteiger partial charge in [-0.1, -0.05) is 24.3 Å². The zero-order valence-corrected chi connectivity index (χ0v) is 15.2. The molecule has 2 aromatic rings. The maximum atomic E-state index is 12.3. The Morgan fingerprint density at radius 2 is 1.72 bits per heavy atom. The molecule has 6 nitrogen and oxygen atoms in total. The molecule has 2 rings (SSSR count). The molecule has 0 bridgehead atoms. The van der Waals surface area contributed by atoms with E-state index in [1.807, 2.05) is 12.1 Å². The number of carbonyl (C=O) groups is 1. The molecule has 0 atom stereocenters. The number of rotatable bonds is 7. The van der Waals surface area contributed by atoms with Gasteiger partial charge in [-0.25, -0.2) is 8.42 Å². The minimum atomic E-state index is -3.10. The molecule has 1 N–H and O–H groups in total. The first-order valence-corrected chi connectivity index (χ1v) is 9.65. The number of nitrogens with one attached hydrogen (secondary N) is 1. The lowest BCUT2D eigenvalue weighted by Crippen LogP contribution is -2.23. The highest BCUT2D eigenvalue weighted by molar-refractivity contribution is 7.89. The largest absolute Gasteiger partial charge is 0.493 e. The molecule has 0 spiro atoms. The number of ether oxygens (including phenoxy) is 2. The van der Waals surface area contributed by atoms with Crippen LogP contribution in [0.1, 0.15) is 21.5 Å². The molecule has 25 heavy (non-hydrogen) atoms. The van der Waals surface area contributed by atoms with Crippen molar-refractivity contribution in [2.45, 2.75) is 12.3 Å². The van der Waals surface area contributed by atoms with Gasteiger partial charge < -0.3 is 14.8 Å². The van der Waals surface area contributed by atoms with Gasteiger partial charge in [0.1, 0.15) is 0 Å². The predicted molar refractivity (Wildman–Crippen MR) is 95.7 cm³/mol. The minimum absolute atomic E-state index is 0.0457. The molecule has 0 aliphatic heterocycles. The third-order valence-corrected chi connectivity index (χ3v) is 4.43. The lowest BCUT2D eigenvalue weighted by molar-refractivity contribution is 0.0950. The first kappa shape index (κ1) is 18.8. The molecule has 1 amide bonds. The van der Waals surface area contributed by atoms with E-state index in [0.29, 0.717) is 22.6 Å². The normalized spacial score (nSPS) is 11.0. The molecule has 0 fully saturated rings. The van der Waals surface area contributed by atoms with Crippen molar-refractivity contribution in [3.8, 4) is 11.5 Å². The van der Waals surface area contributed by atoms with Gasteiger partial charge in [-0.05, 0) is 23.8 Å². The first-order valence-electron chi connectivity index (χ1n) is 7.59. The van der Waals surface area contributed by atoms with Crippen LogP contribution in [0.5, 0.6) is 11.5 Å². The first-order chi connectivity index (χ1) is 11.8. The standard InChI is InChI=1S/C18H21NO5S/c1-23-16-6-4-5-15(17(16)24-2)11-19-18(20)14-9-7-13(8-10-14)12-25(3,21)22/h4-10H,11-12H2,1-3H3,(H,19,20). The van der Waals surface area contributed by atoms with Crippen LogP contribution in [0.25, 0.3) is 0 Å². The number of methoxy groups -OCH3 is 2. The van der Waals surface area contributed by atoms with Crippen LogP contribution in [0.4, 0.5) is 0 Å². The number of para-hydroxylation sites is 1. The highest BCUT2D eigenvalue weighted by Gasteiger charge is 2.12. The van der Waals surface area contributed by atoms with Gasteiger partial charge in [0, 0.05) is 23.9 Å². The Morgan fingerprint density at radius 1 is 1.04 bits per heavy atom. The molecule has 0 radical (unpaired) electrons. The minimum Gasteiger partial charge on any atom is -0.493 e. The van der Waals surface area contributed by atoms with Gasteiger partial charge in [0.25, 0.3) is 5.91 Å².